The maximum atomic E-state index is 12.1. The van der Waals surface area contributed by atoms with E-state index in [1.54, 1.807) is 6.92 Å². The Morgan fingerprint density at radius 3 is 2.33 bits per heavy atom. The van der Waals surface area contributed by atoms with Crippen LogP contribution in [0.4, 0.5) is 0 Å². The van der Waals surface area contributed by atoms with Gasteiger partial charge in [-0.05, 0) is 43.4 Å². The summed E-state index contributed by atoms with van der Waals surface area (Å²) < 4.78 is 0. The Morgan fingerprint density at radius 1 is 1.05 bits per heavy atom. The van der Waals surface area contributed by atoms with Gasteiger partial charge in [0.1, 0.15) is 5.78 Å². The van der Waals surface area contributed by atoms with Gasteiger partial charge in [-0.2, -0.15) is 0 Å². The van der Waals surface area contributed by atoms with E-state index in [1.807, 2.05) is 12.1 Å². The summed E-state index contributed by atoms with van der Waals surface area (Å²) in [6, 6.07) is 16.8. The van der Waals surface area contributed by atoms with E-state index < -0.39 is 0 Å². The summed E-state index contributed by atoms with van der Waals surface area (Å²) in [5.74, 6) is 0.0482. The molecule has 21 heavy (non-hydrogen) atoms. The molecule has 2 aromatic rings. The molecule has 0 spiro atoms. The van der Waals surface area contributed by atoms with Crippen molar-refractivity contribution in [2.45, 2.75) is 46.0 Å². The molecule has 2 aromatic carbocycles. The van der Waals surface area contributed by atoms with Gasteiger partial charge in [0.25, 0.3) is 0 Å². The molecule has 0 aromatic heterocycles. The first kappa shape index (κ1) is 15.5. The van der Waals surface area contributed by atoms with Gasteiger partial charge in [0.2, 0.25) is 0 Å². The molecule has 0 saturated carbocycles. The number of benzene rings is 2. The Bertz CT molecular complexity index is 595. The van der Waals surface area contributed by atoms with Gasteiger partial charge in [-0.3, -0.25) is 4.79 Å². The van der Waals surface area contributed by atoms with Crippen molar-refractivity contribution >= 4 is 5.78 Å². The molecule has 110 valence electrons. The number of carbonyl (C=O) groups excluding carboxylic acids is 1. The molecular weight excluding hydrogens is 256 g/mol. The fourth-order valence-corrected chi connectivity index (χ4v) is 2.77. The molecule has 1 unspecified atom stereocenters. The first-order valence-electron chi connectivity index (χ1n) is 7.77. The van der Waals surface area contributed by atoms with Gasteiger partial charge in [-0.25, -0.2) is 0 Å². The van der Waals surface area contributed by atoms with Crippen LogP contribution in [0, 0.1) is 6.92 Å². The van der Waals surface area contributed by atoms with E-state index in [2.05, 4.69) is 50.2 Å². The number of hydrogen-bond donors (Lipinski definition) is 0. The van der Waals surface area contributed by atoms with Gasteiger partial charge in [-0.15, -0.1) is 0 Å². The van der Waals surface area contributed by atoms with Gasteiger partial charge in [-0.1, -0.05) is 67.4 Å². The Labute approximate surface area is 128 Å². The fraction of sp³-hybridized carbons (Fsp3) is 0.350. The Morgan fingerprint density at radius 2 is 1.76 bits per heavy atom. The minimum absolute atomic E-state index is 0.148. The number of ketones is 1. The summed E-state index contributed by atoms with van der Waals surface area (Å²) in [5.41, 5.74) is 4.72. The molecule has 0 saturated heterocycles. The van der Waals surface area contributed by atoms with Gasteiger partial charge < -0.3 is 0 Å². The molecule has 0 radical (unpaired) electrons. The summed E-state index contributed by atoms with van der Waals surface area (Å²) in [6.07, 6.45) is 3.54. The highest BCUT2D eigenvalue weighted by Gasteiger charge is 2.19. The predicted octanol–water partition coefficient (Wildman–Crippen LogP) is 5.06. The number of hydrogen-bond acceptors (Lipinski definition) is 1. The SMILES string of the molecule is CCCCc1ccc(C(C(C)=O)c2cccc(C)c2)cc1. The van der Waals surface area contributed by atoms with Crippen LogP contribution in [-0.4, -0.2) is 5.78 Å². The van der Waals surface area contributed by atoms with Crippen LogP contribution in [0.5, 0.6) is 0 Å². The second-order valence-corrected chi connectivity index (χ2v) is 5.80. The second-order valence-electron chi connectivity index (χ2n) is 5.80. The third-order valence-electron chi connectivity index (χ3n) is 3.91. The number of aryl methyl sites for hydroxylation is 2. The van der Waals surface area contributed by atoms with Crippen molar-refractivity contribution in [1.82, 2.24) is 0 Å². The Hall–Kier alpha value is -1.89. The maximum Gasteiger partial charge on any atom is 0.141 e. The minimum atomic E-state index is -0.148. The molecule has 0 N–H and O–H groups in total. The number of unbranched alkanes of at least 4 members (excludes halogenated alkanes) is 1. The zero-order valence-corrected chi connectivity index (χ0v) is 13.2. The van der Waals surface area contributed by atoms with E-state index in [4.69, 9.17) is 0 Å². The smallest absolute Gasteiger partial charge is 0.141 e. The topological polar surface area (TPSA) is 17.1 Å². The van der Waals surface area contributed by atoms with Gasteiger partial charge >= 0.3 is 0 Å². The van der Waals surface area contributed by atoms with E-state index in [0.717, 1.165) is 17.5 Å². The summed E-state index contributed by atoms with van der Waals surface area (Å²) in [4.78, 5) is 12.1. The van der Waals surface area contributed by atoms with E-state index >= 15 is 0 Å². The Kier molecular flexibility index (Phi) is 5.32. The van der Waals surface area contributed by atoms with Gasteiger partial charge in [0.15, 0.2) is 0 Å². The van der Waals surface area contributed by atoms with Gasteiger partial charge in [0.05, 0.1) is 5.92 Å². The van der Waals surface area contributed by atoms with E-state index in [1.165, 1.54) is 24.0 Å². The quantitative estimate of drug-likeness (QED) is 0.723. The highest BCUT2D eigenvalue weighted by Crippen LogP contribution is 2.26. The summed E-state index contributed by atoms with van der Waals surface area (Å²) in [5, 5.41) is 0. The molecule has 1 heteroatoms. The van der Waals surface area contributed by atoms with Crippen molar-refractivity contribution in [2.24, 2.45) is 0 Å². The van der Waals surface area contributed by atoms with Crippen LogP contribution in [-0.2, 0) is 11.2 Å². The van der Waals surface area contributed by atoms with E-state index in [9.17, 15) is 4.79 Å². The molecule has 1 nitrogen and oxygen atoms in total. The molecular formula is C20H24O. The average Bonchev–Trinajstić information content (AvgIpc) is 2.46. The van der Waals surface area contributed by atoms with Crippen LogP contribution in [0.15, 0.2) is 48.5 Å². The van der Waals surface area contributed by atoms with Crippen LogP contribution >= 0.6 is 0 Å². The lowest BCUT2D eigenvalue weighted by atomic mass is 9.87. The lowest BCUT2D eigenvalue weighted by Gasteiger charge is -2.16. The normalized spacial score (nSPS) is 12.1. The largest absolute Gasteiger partial charge is 0.299 e. The molecule has 0 amide bonds. The van der Waals surface area contributed by atoms with Crippen molar-refractivity contribution in [3.05, 3.63) is 70.8 Å². The number of carbonyl (C=O) groups is 1. The zero-order valence-electron chi connectivity index (χ0n) is 13.2. The first-order chi connectivity index (χ1) is 10.1. The third-order valence-corrected chi connectivity index (χ3v) is 3.91. The van der Waals surface area contributed by atoms with E-state index in [0.29, 0.717) is 0 Å². The van der Waals surface area contributed by atoms with Crippen LogP contribution in [0.1, 0.15) is 54.9 Å². The van der Waals surface area contributed by atoms with Crippen LogP contribution in [0.25, 0.3) is 0 Å². The maximum absolute atomic E-state index is 12.1. The van der Waals surface area contributed by atoms with Crippen molar-refractivity contribution in [3.63, 3.8) is 0 Å². The highest BCUT2D eigenvalue weighted by atomic mass is 16.1. The fourth-order valence-electron chi connectivity index (χ4n) is 2.77. The van der Waals surface area contributed by atoms with Gasteiger partial charge in [0, 0.05) is 0 Å². The molecule has 0 aliphatic rings. The van der Waals surface area contributed by atoms with Crippen LogP contribution in [0.3, 0.4) is 0 Å². The average molecular weight is 280 g/mol. The van der Waals surface area contributed by atoms with Crippen molar-refractivity contribution in [1.29, 1.82) is 0 Å². The molecule has 0 heterocycles. The number of rotatable bonds is 6. The summed E-state index contributed by atoms with van der Waals surface area (Å²) in [7, 11) is 0. The Balaban J connectivity index is 2.28. The monoisotopic (exact) mass is 280 g/mol. The van der Waals surface area contributed by atoms with Crippen LogP contribution in [0.2, 0.25) is 0 Å². The van der Waals surface area contributed by atoms with Crippen molar-refractivity contribution in [2.75, 3.05) is 0 Å². The molecule has 0 bridgehead atoms. The summed E-state index contributed by atoms with van der Waals surface area (Å²) in [6.45, 7) is 5.95. The highest BCUT2D eigenvalue weighted by molar-refractivity contribution is 5.87. The van der Waals surface area contributed by atoms with Crippen molar-refractivity contribution < 1.29 is 4.79 Å². The van der Waals surface area contributed by atoms with Crippen LogP contribution < -0.4 is 0 Å². The third kappa shape index (κ3) is 4.04. The zero-order chi connectivity index (χ0) is 15.2. The lowest BCUT2D eigenvalue weighted by Crippen LogP contribution is -2.10. The van der Waals surface area contributed by atoms with Crippen molar-refractivity contribution in [3.8, 4) is 0 Å². The molecule has 1 atom stereocenters. The van der Waals surface area contributed by atoms with E-state index in [-0.39, 0.29) is 11.7 Å². The minimum Gasteiger partial charge on any atom is -0.299 e. The second kappa shape index (κ2) is 7.21. The standard InChI is InChI=1S/C20H24O/c1-4-5-8-17-10-12-18(13-11-17)20(16(3)21)19-9-6-7-15(2)14-19/h6-7,9-14,20H,4-5,8H2,1-3H3. The molecule has 0 aliphatic heterocycles. The molecule has 2 rings (SSSR count). The first-order valence-corrected chi connectivity index (χ1v) is 7.77. The molecule has 0 fully saturated rings. The number of Topliss-reactive ketones (excluding diaryl/α,β-unsaturated/α-hetero) is 1. The predicted molar refractivity (Wildman–Crippen MR) is 88.8 cm³/mol. The lowest BCUT2D eigenvalue weighted by molar-refractivity contribution is -0.117. The summed E-state index contributed by atoms with van der Waals surface area (Å²) >= 11 is 0. The molecule has 0 aliphatic carbocycles.